The maximum atomic E-state index is 5.80. The third-order valence-electron chi connectivity index (χ3n) is 3.22. The average Bonchev–Trinajstić information content (AvgIpc) is 2.89. The van der Waals surface area contributed by atoms with Gasteiger partial charge >= 0.3 is 0 Å². The minimum Gasteiger partial charge on any atom is -0.487 e. The first-order chi connectivity index (χ1) is 9.78. The van der Waals surface area contributed by atoms with Gasteiger partial charge in [0.2, 0.25) is 0 Å². The summed E-state index contributed by atoms with van der Waals surface area (Å²) in [6.07, 6.45) is 3.41. The van der Waals surface area contributed by atoms with E-state index in [-0.39, 0.29) is 0 Å². The molecule has 1 aromatic carbocycles. The largest absolute Gasteiger partial charge is 0.487 e. The van der Waals surface area contributed by atoms with Gasteiger partial charge in [0.15, 0.2) is 0 Å². The van der Waals surface area contributed by atoms with Crippen LogP contribution in [0.4, 0.5) is 0 Å². The highest BCUT2D eigenvalue weighted by atomic mass is 16.5. The lowest BCUT2D eigenvalue weighted by Crippen LogP contribution is -2.02. The van der Waals surface area contributed by atoms with E-state index in [0.717, 1.165) is 28.0 Å². The summed E-state index contributed by atoms with van der Waals surface area (Å²) in [5, 5.41) is 0.961. The number of ether oxygens (including phenoxy) is 1. The van der Waals surface area contributed by atoms with Crippen LogP contribution >= 0.6 is 0 Å². The van der Waals surface area contributed by atoms with Crippen molar-refractivity contribution >= 4 is 11.0 Å². The van der Waals surface area contributed by atoms with Crippen LogP contribution in [0.15, 0.2) is 36.8 Å². The predicted molar refractivity (Wildman–Crippen MR) is 77.3 cm³/mol. The Morgan fingerprint density at radius 1 is 1.30 bits per heavy atom. The van der Waals surface area contributed by atoms with Gasteiger partial charge in [-0.05, 0) is 30.2 Å². The summed E-state index contributed by atoms with van der Waals surface area (Å²) >= 11 is 0. The molecule has 0 atom stereocenters. The lowest BCUT2D eigenvalue weighted by molar-refractivity contribution is 0.302. The average molecular weight is 268 g/mol. The second-order valence-corrected chi connectivity index (χ2v) is 4.67. The number of fused-ring (bicyclic) bond motifs is 1. The Kier molecular flexibility index (Phi) is 3.35. The molecule has 0 unspecified atom stereocenters. The molecule has 5 heteroatoms. The number of benzene rings is 1. The van der Waals surface area contributed by atoms with Gasteiger partial charge in [0.05, 0.1) is 5.69 Å². The molecule has 3 aromatic rings. The van der Waals surface area contributed by atoms with Crippen LogP contribution in [0.25, 0.3) is 11.0 Å². The number of nitrogens with two attached hydrogens (primary N) is 1. The number of aryl methyl sites for hydroxylation is 1. The molecule has 20 heavy (non-hydrogen) atoms. The molecule has 2 aromatic heterocycles. The van der Waals surface area contributed by atoms with Crippen molar-refractivity contribution in [2.24, 2.45) is 5.73 Å². The third kappa shape index (κ3) is 2.35. The van der Waals surface area contributed by atoms with E-state index in [9.17, 15) is 0 Å². The molecular formula is C15H16N4O. The summed E-state index contributed by atoms with van der Waals surface area (Å²) in [7, 11) is 0. The Balaban J connectivity index is 1.89. The number of nitrogens with zero attached hydrogens (tertiary/aromatic N) is 2. The Labute approximate surface area is 116 Å². The summed E-state index contributed by atoms with van der Waals surface area (Å²) < 4.78 is 5.80. The van der Waals surface area contributed by atoms with E-state index >= 15 is 0 Å². The standard InChI is InChI=1S/C15H16N4O/c1-10-3-2-4-12(5-10)20-8-13-14-11(6-16)7-17-15(14)19-9-18-13/h2-5,7,9H,6,8,16H2,1H3,(H,17,18,19). The van der Waals surface area contributed by atoms with E-state index < -0.39 is 0 Å². The highest BCUT2D eigenvalue weighted by Crippen LogP contribution is 2.21. The van der Waals surface area contributed by atoms with Crippen LogP contribution in [0.3, 0.4) is 0 Å². The van der Waals surface area contributed by atoms with Crippen LogP contribution in [0, 0.1) is 6.92 Å². The van der Waals surface area contributed by atoms with E-state index in [2.05, 4.69) is 15.0 Å². The molecule has 0 aliphatic heterocycles. The molecule has 0 aliphatic carbocycles. The van der Waals surface area contributed by atoms with Gasteiger partial charge in [-0.3, -0.25) is 0 Å². The molecule has 2 heterocycles. The quantitative estimate of drug-likeness (QED) is 0.761. The third-order valence-corrected chi connectivity index (χ3v) is 3.22. The van der Waals surface area contributed by atoms with Gasteiger partial charge in [-0.25, -0.2) is 9.97 Å². The molecule has 0 aliphatic rings. The molecule has 5 nitrogen and oxygen atoms in total. The SMILES string of the molecule is Cc1cccc(OCc2ncnc3[nH]cc(CN)c23)c1. The fourth-order valence-corrected chi connectivity index (χ4v) is 2.22. The van der Waals surface area contributed by atoms with Gasteiger partial charge in [-0.1, -0.05) is 12.1 Å². The molecule has 3 N–H and O–H groups in total. The van der Waals surface area contributed by atoms with Crippen molar-refractivity contribution in [3.8, 4) is 5.75 Å². The Morgan fingerprint density at radius 2 is 2.20 bits per heavy atom. The smallest absolute Gasteiger partial charge is 0.141 e. The maximum Gasteiger partial charge on any atom is 0.141 e. The van der Waals surface area contributed by atoms with Crippen molar-refractivity contribution in [3.05, 3.63) is 53.6 Å². The van der Waals surface area contributed by atoms with Crippen molar-refractivity contribution in [1.29, 1.82) is 0 Å². The zero-order chi connectivity index (χ0) is 13.9. The molecule has 0 amide bonds. The van der Waals surface area contributed by atoms with Crippen LogP contribution in [-0.4, -0.2) is 15.0 Å². The molecule has 102 valence electrons. The summed E-state index contributed by atoms with van der Waals surface area (Å²) in [5.41, 5.74) is 9.55. The monoisotopic (exact) mass is 268 g/mol. The summed E-state index contributed by atoms with van der Waals surface area (Å²) in [6.45, 7) is 2.88. The number of nitrogens with one attached hydrogen (secondary N) is 1. The first kappa shape index (κ1) is 12.6. The first-order valence-electron chi connectivity index (χ1n) is 6.47. The summed E-state index contributed by atoms with van der Waals surface area (Å²) in [6, 6.07) is 7.95. The molecule has 0 radical (unpaired) electrons. The Morgan fingerprint density at radius 3 is 3.00 bits per heavy atom. The molecule has 0 saturated heterocycles. The van der Waals surface area contributed by atoms with Gasteiger partial charge in [0, 0.05) is 18.1 Å². The van der Waals surface area contributed by atoms with Crippen LogP contribution < -0.4 is 10.5 Å². The Hall–Kier alpha value is -2.40. The van der Waals surface area contributed by atoms with Gasteiger partial charge in [-0.15, -0.1) is 0 Å². The number of H-pyrrole nitrogens is 1. The Bertz CT molecular complexity index is 736. The van der Waals surface area contributed by atoms with E-state index in [1.807, 2.05) is 37.4 Å². The first-order valence-corrected chi connectivity index (χ1v) is 6.47. The van der Waals surface area contributed by atoms with Crippen LogP contribution in [0.2, 0.25) is 0 Å². The molecular weight excluding hydrogens is 252 g/mol. The topological polar surface area (TPSA) is 76.8 Å². The van der Waals surface area contributed by atoms with Crippen molar-refractivity contribution in [2.75, 3.05) is 0 Å². The molecule has 3 rings (SSSR count). The zero-order valence-electron chi connectivity index (χ0n) is 11.3. The lowest BCUT2D eigenvalue weighted by Gasteiger charge is -2.07. The fourth-order valence-electron chi connectivity index (χ4n) is 2.22. The van der Waals surface area contributed by atoms with E-state index in [1.165, 1.54) is 11.9 Å². The lowest BCUT2D eigenvalue weighted by atomic mass is 10.2. The van der Waals surface area contributed by atoms with Crippen molar-refractivity contribution in [3.63, 3.8) is 0 Å². The fraction of sp³-hybridized carbons (Fsp3) is 0.200. The van der Waals surface area contributed by atoms with E-state index in [1.54, 1.807) is 0 Å². The normalized spacial score (nSPS) is 10.9. The number of hydrogen-bond donors (Lipinski definition) is 2. The van der Waals surface area contributed by atoms with Crippen molar-refractivity contribution in [1.82, 2.24) is 15.0 Å². The van der Waals surface area contributed by atoms with Gasteiger partial charge in [0.1, 0.15) is 24.3 Å². The molecule has 0 spiro atoms. The van der Waals surface area contributed by atoms with E-state index in [0.29, 0.717) is 13.2 Å². The van der Waals surface area contributed by atoms with Gasteiger partial charge in [-0.2, -0.15) is 0 Å². The van der Waals surface area contributed by atoms with Crippen molar-refractivity contribution in [2.45, 2.75) is 20.1 Å². The highest BCUT2D eigenvalue weighted by Gasteiger charge is 2.10. The molecule has 0 saturated carbocycles. The van der Waals surface area contributed by atoms with E-state index in [4.69, 9.17) is 10.5 Å². The second kappa shape index (κ2) is 5.30. The number of aromatic amines is 1. The zero-order valence-corrected chi connectivity index (χ0v) is 11.3. The molecule has 0 fully saturated rings. The number of hydrogen-bond acceptors (Lipinski definition) is 4. The second-order valence-electron chi connectivity index (χ2n) is 4.67. The van der Waals surface area contributed by atoms with Crippen LogP contribution in [0.5, 0.6) is 5.75 Å². The molecule has 0 bridgehead atoms. The van der Waals surface area contributed by atoms with Crippen molar-refractivity contribution < 1.29 is 4.74 Å². The number of aromatic nitrogens is 3. The number of rotatable bonds is 4. The highest BCUT2D eigenvalue weighted by molar-refractivity contribution is 5.81. The van der Waals surface area contributed by atoms with Crippen LogP contribution in [-0.2, 0) is 13.2 Å². The minimum atomic E-state index is 0.396. The van der Waals surface area contributed by atoms with Gasteiger partial charge in [0.25, 0.3) is 0 Å². The van der Waals surface area contributed by atoms with Gasteiger partial charge < -0.3 is 15.5 Å². The maximum absolute atomic E-state index is 5.80. The van der Waals surface area contributed by atoms with Crippen LogP contribution in [0.1, 0.15) is 16.8 Å². The summed E-state index contributed by atoms with van der Waals surface area (Å²) in [5.74, 6) is 0.835. The summed E-state index contributed by atoms with van der Waals surface area (Å²) in [4.78, 5) is 11.6. The predicted octanol–water partition coefficient (Wildman–Crippen LogP) is 2.30. The minimum absolute atomic E-state index is 0.396.